The quantitative estimate of drug-likeness (QED) is 0.869. The highest BCUT2D eigenvalue weighted by atomic mass is 16.6. The number of aromatic nitrogens is 2. The summed E-state index contributed by atoms with van der Waals surface area (Å²) < 4.78 is 5.47. The summed E-state index contributed by atoms with van der Waals surface area (Å²) in [5.41, 5.74) is 1.88. The molecule has 0 aliphatic rings. The Morgan fingerprint density at radius 3 is 2.25 bits per heavy atom. The number of ether oxygens (including phenoxy) is 1. The number of nitrogens with one attached hydrogen (secondary N) is 1. The maximum Gasteiger partial charge on any atom is 0.345 e. The van der Waals surface area contributed by atoms with Crippen molar-refractivity contribution in [3.05, 3.63) is 51.6 Å². The molecule has 1 aromatic carbocycles. The average Bonchev–Trinajstić information content (AvgIpc) is 2.44. The van der Waals surface area contributed by atoms with Crippen molar-refractivity contribution < 1.29 is 9.53 Å². The van der Waals surface area contributed by atoms with Gasteiger partial charge in [-0.3, -0.25) is 0 Å². The SMILES string of the molecule is Cc1[nH]c(=O)nc(-c2ccc(C(C)C)cc2)c1C(=O)OC(C)(C)C. The van der Waals surface area contributed by atoms with Gasteiger partial charge in [-0.05, 0) is 39.2 Å². The molecule has 128 valence electrons. The van der Waals surface area contributed by atoms with Gasteiger partial charge in [0.05, 0.1) is 5.69 Å². The van der Waals surface area contributed by atoms with Crippen LogP contribution in [0, 0.1) is 6.92 Å². The topological polar surface area (TPSA) is 72.0 Å². The molecule has 0 atom stereocenters. The van der Waals surface area contributed by atoms with E-state index in [4.69, 9.17) is 4.74 Å². The van der Waals surface area contributed by atoms with Crippen LogP contribution in [0.3, 0.4) is 0 Å². The van der Waals surface area contributed by atoms with Crippen LogP contribution in [-0.2, 0) is 4.74 Å². The van der Waals surface area contributed by atoms with Gasteiger partial charge in [-0.15, -0.1) is 0 Å². The number of aromatic amines is 1. The van der Waals surface area contributed by atoms with Crippen molar-refractivity contribution in [2.45, 2.75) is 53.1 Å². The molecule has 0 aliphatic carbocycles. The lowest BCUT2D eigenvalue weighted by Gasteiger charge is -2.21. The van der Waals surface area contributed by atoms with Crippen LogP contribution in [0.25, 0.3) is 11.3 Å². The predicted octanol–water partition coefficient (Wildman–Crippen LogP) is 3.82. The van der Waals surface area contributed by atoms with E-state index in [1.54, 1.807) is 27.7 Å². The molecule has 2 rings (SSSR count). The summed E-state index contributed by atoms with van der Waals surface area (Å²) in [6.07, 6.45) is 0. The second kappa shape index (κ2) is 6.59. The number of esters is 1. The number of carbonyl (C=O) groups excluding carboxylic acids is 1. The molecule has 0 bridgehead atoms. The Kier molecular flexibility index (Phi) is 4.92. The van der Waals surface area contributed by atoms with Crippen LogP contribution in [0.4, 0.5) is 0 Å². The van der Waals surface area contributed by atoms with E-state index in [9.17, 15) is 9.59 Å². The monoisotopic (exact) mass is 328 g/mol. The van der Waals surface area contributed by atoms with Crippen molar-refractivity contribution in [2.75, 3.05) is 0 Å². The van der Waals surface area contributed by atoms with Crippen molar-refractivity contribution in [1.82, 2.24) is 9.97 Å². The van der Waals surface area contributed by atoms with E-state index in [-0.39, 0.29) is 0 Å². The second-order valence-corrected chi connectivity index (χ2v) is 7.17. The van der Waals surface area contributed by atoms with E-state index < -0.39 is 17.3 Å². The van der Waals surface area contributed by atoms with Crippen molar-refractivity contribution >= 4 is 5.97 Å². The van der Waals surface area contributed by atoms with Crippen molar-refractivity contribution in [2.24, 2.45) is 0 Å². The Morgan fingerprint density at radius 1 is 1.17 bits per heavy atom. The van der Waals surface area contributed by atoms with E-state index in [0.717, 1.165) is 5.56 Å². The Morgan fingerprint density at radius 2 is 1.75 bits per heavy atom. The molecule has 5 nitrogen and oxygen atoms in total. The van der Waals surface area contributed by atoms with Crippen molar-refractivity contribution in [3.8, 4) is 11.3 Å². The molecule has 5 heteroatoms. The summed E-state index contributed by atoms with van der Waals surface area (Å²) in [5, 5.41) is 0. The number of carbonyl (C=O) groups is 1. The zero-order chi connectivity index (χ0) is 18.1. The maximum atomic E-state index is 12.6. The molecule has 1 heterocycles. The number of H-pyrrole nitrogens is 1. The predicted molar refractivity (Wildman–Crippen MR) is 94.3 cm³/mol. The molecular formula is C19H24N2O3. The van der Waals surface area contributed by atoms with Crippen LogP contribution in [-0.4, -0.2) is 21.5 Å². The van der Waals surface area contributed by atoms with Crippen LogP contribution < -0.4 is 5.69 Å². The van der Waals surface area contributed by atoms with Crippen LogP contribution in [0.2, 0.25) is 0 Å². The van der Waals surface area contributed by atoms with Crippen LogP contribution in [0.15, 0.2) is 29.1 Å². The highest BCUT2D eigenvalue weighted by molar-refractivity contribution is 5.97. The average molecular weight is 328 g/mol. The van der Waals surface area contributed by atoms with Gasteiger partial charge in [-0.1, -0.05) is 38.1 Å². The lowest BCUT2D eigenvalue weighted by atomic mass is 9.98. The minimum Gasteiger partial charge on any atom is -0.456 e. The van der Waals surface area contributed by atoms with Gasteiger partial charge >= 0.3 is 11.7 Å². The number of aryl methyl sites for hydroxylation is 1. The number of hydrogen-bond donors (Lipinski definition) is 1. The van der Waals surface area contributed by atoms with E-state index in [1.807, 2.05) is 24.3 Å². The van der Waals surface area contributed by atoms with Gasteiger partial charge in [0, 0.05) is 11.3 Å². The Hall–Kier alpha value is -2.43. The van der Waals surface area contributed by atoms with Crippen LogP contribution >= 0.6 is 0 Å². The van der Waals surface area contributed by atoms with E-state index in [1.165, 1.54) is 5.56 Å². The van der Waals surface area contributed by atoms with Gasteiger partial charge in [0.2, 0.25) is 0 Å². The fourth-order valence-electron chi connectivity index (χ4n) is 2.40. The molecule has 24 heavy (non-hydrogen) atoms. The third-order valence-electron chi connectivity index (χ3n) is 3.57. The standard InChI is InChI=1S/C19H24N2O3/c1-11(2)13-7-9-14(10-8-13)16-15(12(3)20-18(23)21-16)17(22)24-19(4,5)6/h7-11H,1-6H3,(H,20,21,23). The first-order valence-electron chi connectivity index (χ1n) is 8.03. The normalized spacial score (nSPS) is 11.6. The molecule has 2 aromatic rings. The first-order valence-corrected chi connectivity index (χ1v) is 8.03. The first-order chi connectivity index (χ1) is 11.1. The van der Waals surface area contributed by atoms with Gasteiger partial charge in [0.1, 0.15) is 11.2 Å². The highest BCUT2D eigenvalue weighted by Gasteiger charge is 2.24. The van der Waals surface area contributed by atoms with Crippen molar-refractivity contribution in [1.29, 1.82) is 0 Å². The Labute approximate surface area is 142 Å². The molecule has 0 unspecified atom stereocenters. The third-order valence-corrected chi connectivity index (χ3v) is 3.57. The number of rotatable bonds is 3. The third kappa shape index (κ3) is 4.10. The molecule has 0 fully saturated rings. The zero-order valence-electron chi connectivity index (χ0n) is 15.1. The smallest absolute Gasteiger partial charge is 0.345 e. The molecule has 0 saturated heterocycles. The summed E-state index contributed by atoms with van der Waals surface area (Å²) in [6, 6.07) is 7.73. The molecule has 0 radical (unpaired) electrons. The van der Waals surface area contributed by atoms with Gasteiger partial charge in [-0.25, -0.2) is 9.59 Å². The summed E-state index contributed by atoms with van der Waals surface area (Å²) in [7, 11) is 0. The molecule has 0 aliphatic heterocycles. The van der Waals surface area contributed by atoms with E-state index in [0.29, 0.717) is 22.9 Å². The van der Waals surface area contributed by atoms with Gasteiger partial charge < -0.3 is 9.72 Å². The lowest BCUT2D eigenvalue weighted by Crippen LogP contribution is -2.27. The van der Waals surface area contributed by atoms with Crippen LogP contribution in [0.5, 0.6) is 0 Å². The molecular weight excluding hydrogens is 304 g/mol. The summed E-state index contributed by atoms with van der Waals surface area (Å²) in [6.45, 7) is 11.3. The summed E-state index contributed by atoms with van der Waals surface area (Å²) in [5.74, 6) is -0.0927. The zero-order valence-corrected chi connectivity index (χ0v) is 15.1. The van der Waals surface area contributed by atoms with E-state index in [2.05, 4.69) is 23.8 Å². The molecule has 0 amide bonds. The number of benzene rings is 1. The first kappa shape index (κ1) is 17.9. The number of nitrogens with zero attached hydrogens (tertiary/aromatic N) is 1. The molecule has 0 saturated carbocycles. The fraction of sp³-hybridized carbons (Fsp3) is 0.421. The summed E-state index contributed by atoms with van der Waals surface area (Å²) in [4.78, 5) is 31.0. The fourth-order valence-corrected chi connectivity index (χ4v) is 2.40. The van der Waals surface area contributed by atoms with Crippen molar-refractivity contribution in [3.63, 3.8) is 0 Å². The highest BCUT2D eigenvalue weighted by Crippen LogP contribution is 2.26. The number of hydrogen-bond acceptors (Lipinski definition) is 4. The second-order valence-electron chi connectivity index (χ2n) is 7.17. The van der Waals surface area contributed by atoms with Gasteiger partial charge in [-0.2, -0.15) is 4.98 Å². The van der Waals surface area contributed by atoms with E-state index >= 15 is 0 Å². The largest absolute Gasteiger partial charge is 0.456 e. The van der Waals surface area contributed by atoms with Gasteiger partial charge in [0.25, 0.3) is 0 Å². The minimum absolute atomic E-state index is 0.293. The molecule has 0 spiro atoms. The maximum absolute atomic E-state index is 12.6. The van der Waals surface area contributed by atoms with Crippen LogP contribution in [0.1, 0.15) is 62.2 Å². The summed E-state index contributed by atoms with van der Waals surface area (Å²) >= 11 is 0. The molecule has 1 aromatic heterocycles. The Balaban J connectivity index is 2.56. The minimum atomic E-state index is -0.627. The van der Waals surface area contributed by atoms with Gasteiger partial charge in [0.15, 0.2) is 0 Å². The lowest BCUT2D eigenvalue weighted by molar-refractivity contribution is 0.00687. The Bertz CT molecular complexity index is 797. The molecule has 1 N–H and O–H groups in total.